The first-order valence-electron chi connectivity index (χ1n) is 7.16. The molecule has 126 valence electrons. The van der Waals surface area contributed by atoms with Crippen LogP contribution in [0.1, 0.15) is 0 Å². The van der Waals surface area contributed by atoms with Crippen LogP contribution in [-0.2, 0) is 13.8 Å². The molecule has 4 rings (SSSR count). The molecule has 2 saturated heterocycles. The Kier molecular flexibility index (Phi) is 3.40. The van der Waals surface area contributed by atoms with Gasteiger partial charge in [-0.05, 0) is 0 Å². The number of fused-ring (bicyclic) bond motifs is 2. The number of rotatable bonds is 1. The van der Waals surface area contributed by atoms with Crippen molar-refractivity contribution < 1.29 is 23.8 Å². The first kappa shape index (κ1) is 15.3. The van der Waals surface area contributed by atoms with Gasteiger partial charge in [-0.25, -0.2) is 0 Å². The fraction of sp³-hybridized carbons (Fsp3) is 0.600. The van der Waals surface area contributed by atoms with Crippen molar-refractivity contribution >= 4 is 32.7 Å². The second-order valence-corrected chi connectivity index (χ2v) is 8.12. The molecule has 1 aromatic heterocycles. The maximum atomic E-state index is 10.6. The summed E-state index contributed by atoms with van der Waals surface area (Å²) in [6.07, 6.45) is -2.41. The van der Waals surface area contributed by atoms with Gasteiger partial charge in [-0.15, -0.1) is 0 Å². The van der Waals surface area contributed by atoms with Gasteiger partial charge >= 0.3 is 132 Å². The summed E-state index contributed by atoms with van der Waals surface area (Å²) < 4.78 is 16.6. The molecule has 2 fully saturated rings. The van der Waals surface area contributed by atoms with Crippen molar-refractivity contribution in [2.75, 3.05) is 22.6 Å². The zero-order valence-electron chi connectivity index (χ0n) is 12.3. The number of aliphatic hydroxyl groups is 1. The van der Waals surface area contributed by atoms with Gasteiger partial charge in [-0.2, -0.15) is 0 Å². The summed E-state index contributed by atoms with van der Waals surface area (Å²) in [5.41, 5.74) is 12.4. The molecule has 1 aromatic rings. The zero-order chi connectivity index (χ0) is 16.4. The van der Waals surface area contributed by atoms with Crippen LogP contribution in [0.3, 0.4) is 0 Å². The van der Waals surface area contributed by atoms with Gasteiger partial charge < -0.3 is 0 Å². The van der Waals surface area contributed by atoms with Crippen molar-refractivity contribution in [3.8, 4) is 0 Å². The molecule has 0 saturated carbocycles. The van der Waals surface area contributed by atoms with Crippen molar-refractivity contribution in [1.29, 1.82) is 0 Å². The Labute approximate surface area is 132 Å². The summed E-state index contributed by atoms with van der Waals surface area (Å²) in [6, 6.07) is 0. The summed E-state index contributed by atoms with van der Waals surface area (Å²) in [5.74, 6) is 0.699. The number of hydrogen-bond donors (Lipinski definition) is 5. The van der Waals surface area contributed by atoms with Gasteiger partial charge in [-0.3, -0.25) is 0 Å². The minimum atomic E-state index is -3.24. The number of aromatic nitrogens is 2. The third-order valence-electron chi connectivity index (χ3n) is 4.15. The van der Waals surface area contributed by atoms with E-state index in [9.17, 15) is 10.00 Å². The van der Waals surface area contributed by atoms with E-state index in [1.165, 1.54) is 13.9 Å². The van der Waals surface area contributed by atoms with Gasteiger partial charge in [0.25, 0.3) is 0 Å². The van der Waals surface area contributed by atoms with Crippen molar-refractivity contribution in [3.05, 3.63) is 6.33 Å². The zero-order valence-corrected chi connectivity index (χ0v) is 13.3. The SMILES string of the molecule is B[PH]1(O)OCC2OC(N3c4ncnc(N)c4NC3N)C(O)[C@@H]2O1. The van der Waals surface area contributed by atoms with Crippen LogP contribution in [0, 0.1) is 0 Å². The van der Waals surface area contributed by atoms with Crippen LogP contribution in [0.2, 0.25) is 0 Å². The van der Waals surface area contributed by atoms with E-state index in [1.807, 2.05) is 0 Å². The predicted octanol–water partition coefficient (Wildman–Crippen LogP) is -2.93. The Morgan fingerprint density at radius 1 is 1.48 bits per heavy atom. The maximum absolute atomic E-state index is 10.6. The van der Waals surface area contributed by atoms with Gasteiger partial charge in [0, 0.05) is 0 Å². The Balaban J connectivity index is 1.64. The van der Waals surface area contributed by atoms with Crippen molar-refractivity contribution in [1.82, 2.24) is 9.97 Å². The topological polar surface area (TPSA) is 161 Å². The van der Waals surface area contributed by atoms with E-state index in [2.05, 4.69) is 15.3 Å². The molecule has 0 aliphatic carbocycles. The van der Waals surface area contributed by atoms with Crippen molar-refractivity contribution in [2.45, 2.75) is 30.8 Å². The monoisotopic (exact) mass is 344 g/mol. The number of anilines is 3. The third kappa shape index (κ3) is 2.34. The molecule has 0 spiro atoms. The second-order valence-electron chi connectivity index (χ2n) is 5.80. The van der Waals surface area contributed by atoms with Crippen LogP contribution in [0.25, 0.3) is 0 Å². The number of nitrogen functional groups attached to an aromatic ring is 1. The number of hydrogen-bond acceptors (Lipinski definition) is 11. The summed E-state index contributed by atoms with van der Waals surface area (Å²) in [7, 11) is -1.74. The standard InChI is InChI=1S/C10H18BN6O5P/c11-23(19)20-1-3-6(22-23)5(18)9(21-3)17-8-4(16-10(17)13)7(12)14-2-15-8/h2-3,5-6,9-10,16,18-19,23H,1,11,13H2,(H2,12,14,15)/t3?,5?,6-,9?,10?/m1/s1. The van der Waals surface area contributed by atoms with Gasteiger partial charge in [0.05, 0.1) is 0 Å². The van der Waals surface area contributed by atoms with Crippen molar-refractivity contribution in [2.24, 2.45) is 5.73 Å². The third-order valence-corrected chi connectivity index (χ3v) is 5.56. The van der Waals surface area contributed by atoms with E-state index in [0.717, 1.165) is 0 Å². The fourth-order valence-electron chi connectivity index (χ4n) is 3.10. The second kappa shape index (κ2) is 5.11. The number of aliphatic hydroxyl groups excluding tert-OH is 1. The molecule has 4 heterocycles. The number of nitrogens with zero attached hydrogens (tertiary/aromatic N) is 3. The van der Waals surface area contributed by atoms with Crippen LogP contribution >= 0.6 is 7.82 Å². The molecule has 3 aliphatic heterocycles. The summed E-state index contributed by atoms with van der Waals surface area (Å²) in [6.45, 7) is 0.146. The number of ether oxygens (including phenoxy) is 1. The van der Waals surface area contributed by atoms with E-state index in [0.29, 0.717) is 11.5 Å². The van der Waals surface area contributed by atoms with Gasteiger partial charge in [0.15, 0.2) is 0 Å². The fourth-order valence-corrected chi connectivity index (χ4v) is 4.44. The summed E-state index contributed by atoms with van der Waals surface area (Å²) in [4.78, 5) is 19.6. The Morgan fingerprint density at radius 2 is 2.26 bits per heavy atom. The van der Waals surface area contributed by atoms with Gasteiger partial charge in [-0.1, -0.05) is 0 Å². The Hall–Kier alpha value is -1.27. The molecule has 0 amide bonds. The van der Waals surface area contributed by atoms with E-state index in [4.69, 9.17) is 25.3 Å². The Bertz CT molecular complexity index is 640. The van der Waals surface area contributed by atoms with E-state index in [1.54, 1.807) is 4.90 Å². The van der Waals surface area contributed by atoms with Gasteiger partial charge in [0.2, 0.25) is 0 Å². The average Bonchev–Trinajstić information content (AvgIpc) is 2.97. The molecular weight excluding hydrogens is 326 g/mol. The molecule has 5 atom stereocenters. The summed E-state index contributed by atoms with van der Waals surface area (Å²) in [5, 5.41) is 13.6. The van der Waals surface area contributed by atoms with E-state index < -0.39 is 38.7 Å². The van der Waals surface area contributed by atoms with Crippen LogP contribution in [0.4, 0.5) is 17.3 Å². The molecule has 13 heteroatoms. The minimum absolute atomic E-state index is 0.146. The average molecular weight is 344 g/mol. The Morgan fingerprint density at radius 3 is 3.04 bits per heavy atom. The predicted molar refractivity (Wildman–Crippen MR) is 85.1 cm³/mol. The first-order chi connectivity index (χ1) is 10.9. The van der Waals surface area contributed by atoms with Crippen LogP contribution in [0.5, 0.6) is 0 Å². The molecule has 0 aromatic carbocycles. The number of nitrogens with two attached hydrogens (primary N) is 2. The number of nitrogens with one attached hydrogen (secondary N) is 1. The van der Waals surface area contributed by atoms with Gasteiger partial charge in [0.1, 0.15) is 0 Å². The molecule has 4 unspecified atom stereocenters. The van der Waals surface area contributed by atoms with Crippen LogP contribution < -0.4 is 21.7 Å². The molecule has 0 radical (unpaired) electrons. The van der Waals surface area contributed by atoms with E-state index in [-0.39, 0.29) is 12.4 Å². The molecule has 0 bridgehead atoms. The van der Waals surface area contributed by atoms with Crippen LogP contribution in [0.15, 0.2) is 6.33 Å². The summed E-state index contributed by atoms with van der Waals surface area (Å²) >= 11 is 0. The molecule has 7 N–H and O–H groups in total. The molecule has 11 nitrogen and oxygen atoms in total. The molecular formula is C10H18BN6O5P. The van der Waals surface area contributed by atoms with E-state index >= 15 is 0 Å². The van der Waals surface area contributed by atoms with Crippen LogP contribution in [-0.4, -0.2) is 65.0 Å². The first-order valence-corrected chi connectivity index (χ1v) is 9.42. The molecule has 3 aliphatic rings. The van der Waals surface area contributed by atoms with Crippen molar-refractivity contribution in [3.63, 3.8) is 0 Å². The quantitative estimate of drug-likeness (QED) is 0.262. The molecule has 23 heavy (non-hydrogen) atoms. The normalized spacial score (nSPS) is 39.4.